The number of hydrogen-bond donors (Lipinski definition) is 2. The molecule has 0 amide bonds. The summed E-state index contributed by atoms with van der Waals surface area (Å²) in [6, 6.07) is 0. The zero-order chi connectivity index (χ0) is 11.3. The van der Waals surface area contributed by atoms with Gasteiger partial charge in [0.1, 0.15) is 17.2 Å². The fraction of sp³-hybridized carbons (Fsp3) is 0.556. The Morgan fingerprint density at radius 2 is 2.40 bits per heavy atom. The number of thioether (sulfide) groups is 1. The number of halogens is 1. The van der Waals surface area contributed by atoms with Crippen LogP contribution >= 0.6 is 23.4 Å². The molecule has 84 valence electrons. The first-order valence-electron chi connectivity index (χ1n) is 4.46. The van der Waals surface area contributed by atoms with Crippen molar-refractivity contribution in [3.8, 4) is 0 Å². The Bertz CT molecular complexity index is 322. The van der Waals surface area contributed by atoms with Crippen LogP contribution in [0.4, 0.5) is 5.82 Å². The maximum Gasteiger partial charge on any atom is 0.148 e. The number of nitrogens with zero attached hydrogens (tertiary/aromatic N) is 2. The molecular weight excluding hydrogens is 234 g/mol. The molecule has 4 nitrogen and oxygen atoms in total. The highest BCUT2D eigenvalue weighted by Crippen LogP contribution is 2.18. The summed E-state index contributed by atoms with van der Waals surface area (Å²) < 4.78 is 0. The van der Waals surface area contributed by atoms with Crippen molar-refractivity contribution >= 4 is 29.2 Å². The summed E-state index contributed by atoms with van der Waals surface area (Å²) in [6.07, 6.45) is 4.88. The van der Waals surface area contributed by atoms with E-state index in [1.165, 1.54) is 12.5 Å². The molecule has 1 atom stereocenters. The first-order chi connectivity index (χ1) is 7.05. The minimum absolute atomic E-state index is 0.407. The Morgan fingerprint density at radius 1 is 1.67 bits per heavy atom. The number of aliphatic hydroxyl groups is 1. The van der Waals surface area contributed by atoms with Crippen molar-refractivity contribution in [2.75, 3.05) is 23.9 Å². The molecule has 1 heterocycles. The first-order valence-corrected chi connectivity index (χ1v) is 6.23. The molecule has 0 aliphatic heterocycles. The van der Waals surface area contributed by atoms with Crippen LogP contribution in [-0.2, 0) is 0 Å². The van der Waals surface area contributed by atoms with Gasteiger partial charge in [0.05, 0.1) is 11.8 Å². The molecule has 0 aromatic carbocycles. The third-order valence-corrected chi connectivity index (χ3v) is 2.95. The van der Waals surface area contributed by atoms with Crippen LogP contribution in [0.25, 0.3) is 0 Å². The van der Waals surface area contributed by atoms with Gasteiger partial charge in [-0.25, -0.2) is 9.97 Å². The van der Waals surface area contributed by atoms with Crippen LogP contribution in [0.15, 0.2) is 12.5 Å². The summed E-state index contributed by atoms with van der Waals surface area (Å²) in [5, 5.41) is 13.3. The molecule has 1 aromatic rings. The van der Waals surface area contributed by atoms with E-state index >= 15 is 0 Å². The Labute approximate surface area is 98.5 Å². The zero-order valence-electron chi connectivity index (χ0n) is 8.70. The lowest BCUT2D eigenvalue weighted by atomic mass is 10.1. The van der Waals surface area contributed by atoms with Gasteiger partial charge in [-0.15, -0.1) is 0 Å². The second kappa shape index (κ2) is 5.53. The van der Waals surface area contributed by atoms with Gasteiger partial charge in [0.15, 0.2) is 0 Å². The predicted octanol–water partition coefficient (Wildman–Crippen LogP) is 1.66. The van der Waals surface area contributed by atoms with Crippen molar-refractivity contribution in [2.24, 2.45) is 0 Å². The van der Waals surface area contributed by atoms with E-state index in [4.69, 9.17) is 11.6 Å². The molecule has 0 saturated heterocycles. The van der Waals surface area contributed by atoms with Gasteiger partial charge in [0.25, 0.3) is 0 Å². The van der Waals surface area contributed by atoms with Crippen molar-refractivity contribution in [3.05, 3.63) is 17.5 Å². The average Bonchev–Trinajstić information content (AvgIpc) is 2.16. The van der Waals surface area contributed by atoms with Crippen LogP contribution in [-0.4, -0.2) is 39.2 Å². The molecule has 0 aliphatic rings. The fourth-order valence-corrected chi connectivity index (χ4v) is 1.97. The third-order valence-electron chi connectivity index (χ3n) is 1.76. The predicted molar refractivity (Wildman–Crippen MR) is 64.5 cm³/mol. The van der Waals surface area contributed by atoms with Crippen molar-refractivity contribution in [1.82, 2.24) is 9.97 Å². The van der Waals surface area contributed by atoms with Gasteiger partial charge in [-0.1, -0.05) is 11.6 Å². The van der Waals surface area contributed by atoms with E-state index in [1.807, 2.05) is 6.26 Å². The van der Waals surface area contributed by atoms with E-state index < -0.39 is 5.60 Å². The Hall–Kier alpha value is -0.520. The highest BCUT2D eigenvalue weighted by Gasteiger charge is 2.19. The van der Waals surface area contributed by atoms with Gasteiger partial charge in [0, 0.05) is 12.3 Å². The second-order valence-corrected chi connectivity index (χ2v) is 4.78. The van der Waals surface area contributed by atoms with E-state index in [1.54, 1.807) is 18.7 Å². The molecule has 0 unspecified atom stereocenters. The quantitative estimate of drug-likeness (QED) is 0.829. The molecule has 0 spiro atoms. The summed E-state index contributed by atoms with van der Waals surface area (Å²) in [5.74, 6) is 1.20. The molecular formula is C9H14ClN3OS. The molecule has 1 aromatic heterocycles. The minimum atomic E-state index is -0.770. The lowest BCUT2D eigenvalue weighted by Gasteiger charge is -2.22. The minimum Gasteiger partial charge on any atom is -0.387 e. The maximum absolute atomic E-state index is 9.90. The van der Waals surface area contributed by atoms with Crippen LogP contribution < -0.4 is 5.32 Å². The van der Waals surface area contributed by atoms with Crippen molar-refractivity contribution in [2.45, 2.75) is 12.5 Å². The highest BCUT2D eigenvalue weighted by atomic mass is 35.5. The van der Waals surface area contributed by atoms with E-state index in [0.717, 1.165) is 0 Å². The zero-order valence-corrected chi connectivity index (χ0v) is 10.3. The maximum atomic E-state index is 9.90. The fourth-order valence-electron chi connectivity index (χ4n) is 1.08. The van der Waals surface area contributed by atoms with Crippen LogP contribution in [0.2, 0.25) is 5.02 Å². The van der Waals surface area contributed by atoms with E-state index in [-0.39, 0.29) is 0 Å². The Kier molecular flexibility index (Phi) is 4.63. The van der Waals surface area contributed by atoms with Crippen LogP contribution in [0.5, 0.6) is 0 Å². The lowest BCUT2D eigenvalue weighted by Crippen LogP contribution is -2.36. The number of hydrogen-bond acceptors (Lipinski definition) is 5. The molecule has 15 heavy (non-hydrogen) atoms. The van der Waals surface area contributed by atoms with Gasteiger partial charge < -0.3 is 10.4 Å². The lowest BCUT2D eigenvalue weighted by molar-refractivity contribution is 0.0996. The molecule has 0 saturated carbocycles. The largest absolute Gasteiger partial charge is 0.387 e. The van der Waals surface area contributed by atoms with Gasteiger partial charge in [-0.05, 0) is 13.2 Å². The van der Waals surface area contributed by atoms with Gasteiger partial charge in [0.2, 0.25) is 0 Å². The summed E-state index contributed by atoms with van der Waals surface area (Å²) in [6.45, 7) is 2.18. The van der Waals surface area contributed by atoms with Crippen LogP contribution in [0.3, 0.4) is 0 Å². The Balaban J connectivity index is 2.53. The van der Waals surface area contributed by atoms with E-state index in [0.29, 0.717) is 23.1 Å². The SMILES string of the molecule is CSC[C@@](C)(O)CNc1ncncc1Cl. The molecule has 0 fully saturated rings. The highest BCUT2D eigenvalue weighted by molar-refractivity contribution is 7.98. The third kappa shape index (κ3) is 4.24. The normalized spacial score (nSPS) is 14.7. The van der Waals surface area contributed by atoms with Gasteiger partial charge in [-0.2, -0.15) is 11.8 Å². The second-order valence-electron chi connectivity index (χ2n) is 3.50. The standard InChI is InChI=1S/C9H14ClN3OS/c1-9(14,5-15-2)4-12-8-7(10)3-11-6-13-8/h3,6,14H,4-5H2,1-2H3,(H,11,12,13)/t9-/m0/s1. The summed E-state index contributed by atoms with van der Waals surface area (Å²) in [5.41, 5.74) is -0.770. The molecule has 0 radical (unpaired) electrons. The molecule has 0 bridgehead atoms. The number of aromatic nitrogens is 2. The first kappa shape index (κ1) is 12.5. The molecule has 1 rings (SSSR count). The molecule has 6 heteroatoms. The van der Waals surface area contributed by atoms with Gasteiger partial charge >= 0.3 is 0 Å². The average molecular weight is 248 g/mol. The monoisotopic (exact) mass is 247 g/mol. The van der Waals surface area contributed by atoms with Crippen molar-refractivity contribution in [1.29, 1.82) is 0 Å². The smallest absolute Gasteiger partial charge is 0.148 e. The summed E-state index contributed by atoms with van der Waals surface area (Å²) >= 11 is 7.45. The van der Waals surface area contributed by atoms with Crippen LogP contribution in [0, 0.1) is 0 Å². The topological polar surface area (TPSA) is 58.0 Å². The van der Waals surface area contributed by atoms with Crippen LogP contribution in [0.1, 0.15) is 6.92 Å². The number of rotatable bonds is 5. The molecule has 0 aliphatic carbocycles. The van der Waals surface area contributed by atoms with Crippen molar-refractivity contribution in [3.63, 3.8) is 0 Å². The summed E-state index contributed by atoms with van der Waals surface area (Å²) in [7, 11) is 0. The van der Waals surface area contributed by atoms with Gasteiger partial charge in [-0.3, -0.25) is 0 Å². The van der Waals surface area contributed by atoms with E-state index in [2.05, 4.69) is 15.3 Å². The number of anilines is 1. The van der Waals surface area contributed by atoms with Crippen molar-refractivity contribution < 1.29 is 5.11 Å². The number of nitrogens with one attached hydrogen (secondary N) is 1. The van der Waals surface area contributed by atoms with E-state index in [9.17, 15) is 5.11 Å². The summed E-state index contributed by atoms with van der Waals surface area (Å²) in [4.78, 5) is 7.75. The molecule has 2 N–H and O–H groups in total. The Morgan fingerprint density at radius 3 is 3.00 bits per heavy atom.